The molecular formula is C15H18N4O4. The van der Waals surface area contributed by atoms with Gasteiger partial charge in [-0.05, 0) is 25.1 Å². The first-order valence-electron chi connectivity index (χ1n) is 7.42. The van der Waals surface area contributed by atoms with Crippen molar-refractivity contribution in [2.75, 3.05) is 26.3 Å². The maximum absolute atomic E-state index is 12.3. The smallest absolute Gasteiger partial charge is 0.267 e. The lowest BCUT2D eigenvalue weighted by atomic mass is 10.3. The molecule has 2 aromatic heterocycles. The molecule has 1 aliphatic rings. The molecule has 23 heavy (non-hydrogen) atoms. The minimum atomic E-state index is -0.736. The van der Waals surface area contributed by atoms with Crippen LogP contribution in [0.1, 0.15) is 13.0 Å². The summed E-state index contributed by atoms with van der Waals surface area (Å²) in [5.41, 5.74) is 2.95. The molecular weight excluding hydrogens is 300 g/mol. The Kier molecular flexibility index (Phi) is 4.54. The first-order valence-corrected chi connectivity index (χ1v) is 7.42. The van der Waals surface area contributed by atoms with Crippen LogP contribution >= 0.6 is 0 Å². The number of nitrogens with one attached hydrogen (secondary N) is 1. The zero-order chi connectivity index (χ0) is 16.2. The van der Waals surface area contributed by atoms with Crippen molar-refractivity contribution in [3.63, 3.8) is 0 Å². The van der Waals surface area contributed by atoms with Gasteiger partial charge < -0.3 is 9.15 Å². The zero-order valence-corrected chi connectivity index (χ0v) is 12.8. The third kappa shape index (κ3) is 3.49. The molecule has 3 rings (SSSR count). The largest absolute Gasteiger partial charge is 0.463 e. The predicted molar refractivity (Wildman–Crippen MR) is 81.4 cm³/mol. The summed E-state index contributed by atoms with van der Waals surface area (Å²) in [6.07, 6.45) is 1.53. The number of hydrazine groups is 1. The van der Waals surface area contributed by atoms with Crippen LogP contribution in [0.4, 0.5) is 0 Å². The highest BCUT2D eigenvalue weighted by Crippen LogP contribution is 2.16. The number of furan rings is 1. The van der Waals surface area contributed by atoms with E-state index in [1.165, 1.54) is 12.3 Å². The van der Waals surface area contributed by atoms with Crippen molar-refractivity contribution in [1.82, 2.24) is 20.2 Å². The molecule has 0 aliphatic carbocycles. The van der Waals surface area contributed by atoms with Gasteiger partial charge >= 0.3 is 0 Å². The molecule has 0 spiro atoms. The summed E-state index contributed by atoms with van der Waals surface area (Å²) in [5, 5.41) is 6.02. The molecule has 1 fully saturated rings. The number of carbonyl (C=O) groups is 1. The van der Waals surface area contributed by atoms with Crippen molar-refractivity contribution in [3.8, 4) is 11.5 Å². The second-order valence-corrected chi connectivity index (χ2v) is 5.23. The maximum Gasteiger partial charge on any atom is 0.267 e. The first-order chi connectivity index (χ1) is 11.1. The van der Waals surface area contributed by atoms with Crippen molar-refractivity contribution < 1.29 is 13.9 Å². The second kappa shape index (κ2) is 6.76. The number of amides is 1. The Bertz CT molecular complexity index is 719. The number of hydrogen-bond donors (Lipinski definition) is 1. The van der Waals surface area contributed by atoms with Crippen LogP contribution in [-0.2, 0) is 9.53 Å². The van der Waals surface area contributed by atoms with Crippen molar-refractivity contribution in [1.29, 1.82) is 0 Å². The van der Waals surface area contributed by atoms with E-state index in [1.54, 1.807) is 30.1 Å². The molecule has 0 unspecified atom stereocenters. The monoisotopic (exact) mass is 318 g/mol. The van der Waals surface area contributed by atoms with E-state index in [0.29, 0.717) is 37.8 Å². The fourth-order valence-corrected chi connectivity index (χ4v) is 2.29. The van der Waals surface area contributed by atoms with Crippen molar-refractivity contribution in [2.24, 2.45) is 0 Å². The van der Waals surface area contributed by atoms with Gasteiger partial charge in [-0.3, -0.25) is 15.0 Å². The summed E-state index contributed by atoms with van der Waals surface area (Å²) in [6.45, 7) is 4.01. The normalized spacial score (nSPS) is 16.9. The van der Waals surface area contributed by atoms with Gasteiger partial charge in [-0.25, -0.2) is 9.69 Å². The van der Waals surface area contributed by atoms with Crippen LogP contribution in [0.3, 0.4) is 0 Å². The minimum absolute atomic E-state index is 0.293. The highest BCUT2D eigenvalue weighted by Gasteiger charge is 2.21. The van der Waals surface area contributed by atoms with Gasteiger partial charge in [0.15, 0.2) is 5.76 Å². The molecule has 1 amide bonds. The van der Waals surface area contributed by atoms with E-state index in [0.717, 1.165) is 4.68 Å². The van der Waals surface area contributed by atoms with E-state index in [2.05, 4.69) is 10.5 Å². The molecule has 8 heteroatoms. The molecule has 122 valence electrons. The van der Waals surface area contributed by atoms with Crippen molar-refractivity contribution in [2.45, 2.75) is 13.0 Å². The third-order valence-electron chi connectivity index (χ3n) is 3.62. The fourth-order valence-electron chi connectivity index (χ4n) is 2.29. The molecule has 1 saturated heterocycles. The lowest BCUT2D eigenvalue weighted by Crippen LogP contribution is -2.50. The highest BCUT2D eigenvalue weighted by molar-refractivity contribution is 5.79. The summed E-state index contributed by atoms with van der Waals surface area (Å²) in [4.78, 5) is 24.4. The lowest BCUT2D eigenvalue weighted by Gasteiger charge is -2.28. The van der Waals surface area contributed by atoms with Crippen LogP contribution in [0.2, 0.25) is 0 Å². The average molecular weight is 318 g/mol. The van der Waals surface area contributed by atoms with Gasteiger partial charge in [-0.2, -0.15) is 5.10 Å². The minimum Gasteiger partial charge on any atom is -0.463 e. The summed E-state index contributed by atoms with van der Waals surface area (Å²) in [6, 6.07) is 5.70. The number of morpholine rings is 1. The standard InChI is InChI=1S/C15H18N4O4/c1-11(15(21)17-18-6-9-22-10-7-18)19-14(20)5-4-12(16-19)13-3-2-8-23-13/h2-5,8,11H,6-7,9-10H2,1H3,(H,17,21)/t11-/m1/s1. The van der Waals surface area contributed by atoms with Crippen molar-refractivity contribution >= 4 is 5.91 Å². The average Bonchev–Trinajstić information content (AvgIpc) is 3.10. The Labute approximate surface area is 132 Å². The van der Waals surface area contributed by atoms with Gasteiger partial charge in [0.05, 0.1) is 19.5 Å². The van der Waals surface area contributed by atoms with Gasteiger partial charge in [0.1, 0.15) is 11.7 Å². The van der Waals surface area contributed by atoms with E-state index in [1.807, 2.05) is 0 Å². The summed E-state index contributed by atoms with van der Waals surface area (Å²) >= 11 is 0. The zero-order valence-electron chi connectivity index (χ0n) is 12.8. The van der Waals surface area contributed by atoms with Crippen LogP contribution in [-0.4, -0.2) is 47.0 Å². The number of rotatable bonds is 4. The fraction of sp³-hybridized carbons (Fsp3) is 0.400. The van der Waals surface area contributed by atoms with Gasteiger partial charge in [0.2, 0.25) is 0 Å². The topological polar surface area (TPSA) is 89.6 Å². The summed E-state index contributed by atoms with van der Waals surface area (Å²) < 4.78 is 11.7. The number of hydrogen-bond acceptors (Lipinski definition) is 6. The van der Waals surface area contributed by atoms with E-state index < -0.39 is 6.04 Å². The molecule has 0 bridgehead atoms. The summed E-state index contributed by atoms with van der Waals surface area (Å²) in [7, 11) is 0. The SMILES string of the molecule is C[C@H](C(=O)NN1CCOCC1)n1nc(-c2ccco2)ccc1=O. The van der Waals surface area contributed by atoms with Gasteiger partial charge in [0.25, 0.3) is 11.5 Å². The molecule has 1 aliphatic heterocycles. The van der Waals surface area contributed by atoms with Gasteiger partial charge in [-0.15, -0.1) is 0 Å². The lowest BCUT2D eigenvalue weighted by molar-refractivity contribution is -0.131. The van der Waals surface area contributed by atoms with Crippen LogP contribution in [0, 0.1) is 0 Å². The molecule has 8 nitrogen and oxygen atoms in total. The van der Waals surface area contributed by atoms with Crippen LogP contribution in [0.25, 0.3) is 11.5 Å². The summed E-state index contributed by atoms with van der Waals surface area (Å²) in [5.74, 6) is 0.248. The molecule has 1 N–H and O–H groups in total. The number of nitrogens with zero attached hydrogens (tertiary/aromatic N) is 3. The quantitative estimate of drug-likeness (QED) is 0.879. The predicted octanol–water partition coefficient (Wildman–Crippen LogP) is 0.428. The Hall–Kier alpha value is -2.45. The van der Waals surface area contributed by atoms with E-state index >= 15 is 0 Å². The Morgan fingerprint density at radius 2 is 2.09 bits per heavy atom. The molecule has 2 aromatic rings. The molecule has 0 saturated carbocycles. The van der Waals surface area contributed by atoms with Gasteiger partial charge in [-0.1, -0.05) is 0 Å². The first kappa shape index (κ1) is 15.4. The van der Waals surface area contributed by atoms with Crippen LogP contribution in [0.15, 0.2) is 39.7 Å². The van der Waals surface area contributed by atoms with Crippen molar-refractivity contribution in [3.05, 3.63) is 40.9 Å². The number of aromatic nitrogens is 2. The molecule has 3 heterocycles. The Balaban J connectivity index is 1.78. The molecule has 0 radical (unpaired) electrons. The highest BCUT2D eigenvalue weighted by atomic mass is 16.5. The molecule has 0 aromatic carbocycles. The molecule has 1 atom stereocenters. The number of carbonyl (C=O) groups excluding carboxylic acids is 1. The van der Waals surface area contributed by atoms with E-state index in [9.17, 15) is 9.59 Å². The van der Waals surface area contributed by atoms with E-state index in [-0.39, 0.29) is 11.5 Å². The number of ether oxygens (including phenoxy) is 1. The maximum atomic E-state index is 12.3. The Morgan fingerprint density at radius 3 is 2.78 bits per heavy atom. The van der Waals surface area contributed by atoms with Crippen LogP contribution in [0.5, 0.6) is 0 Å². The van der Waals surface area contributed by atoms with Gasteiger partial charge in [0, 0.05) is 19.2 Å². The third-order valence-corrected chi connectivity index (χ3v) is 3.62. The Morgan fingerprint density at radius 1 is 1.30 bits per heavy atom. The second-order valence-electron chi connectivity index (χ2n) is 5.23. The van der Waals surface area contributed by atoms with E-state index in [4.69, 9.17) is 9.15 Å². The van der Waals surface area contributed by atoms with Crippen LogP contribution < -0.4 is 11.0 Å².